The van der Waals surface area contributed by atoms with E-state index in [4.69, 9.17) is 0 Å². The van der Waals surface area contributed by atoms with E-state index >= 15 is 0 Å². The van der Waals surface area contributed by atoms with Crippen molar-refractivity contribution in [1.29, 1.82) is 0 Å². The summed E-state index contributed by atoms with van der Waals surface area (Å²) < 4.78 is 0. The molecule has 0 fully saturated rings. The Bertz CT molecular complexity index is 562. The van der Waals surface area contributed by atoms with Gasteiger partial charge in [0.25, 0.3) is 0 Å². The lowest BCUT2D eigenvalue weighted by Gasteiger charge is -2.03. The molecule has 0 N–H and O–H groups in total. The maximum Gasteiger partial charge on any atom is 0.181 e. The Morgan fingerprint density at radius 1 is 0.950 bits per heavy atom. The number of carbonyl (C=O) groups excluding carboxylic acids is 1. The summed E-state index contributed by atoms with van der Waals surface area (Å²) in [4.78, 5) is 16.6. The second-order valence-electron chi connectivity index (χ2n) is 5.33. The Kier molecular flexibility index (Phi) is 5.72. The SMILES string of the molecule is CCCCCCCCC(=O)c1ccc2ccccc2n1. The second-order valence-corrected chi connectivity index (χ2v) is 5.33. The normalized spacial score (nSPS) is 10.8. The van der Waals surface area contributed by atoms with Crippen LogP contribution in [0.4, 0.5) is 0 Å². The van der Waals surface area contributed by atoms with Crippen molar-refractivity contribution >= 4 is 16.7 Å². The summed E-state index contributed by atoms with van der Waals surface area (Å²) in [5, 5.41) is 1.09. The number of hydrogen-bond donors (Lipinski definition) is 0. The van der Waals surface area contributed by atoms with Crippen LogP contribution in [0.1, 0.15) is 62.4 Å². The van der Waals surface area contributed by atoms with Crippen molar-refractivity contribution < 1.29 is 4.79 Å². The Hall–Kier alpha value is -1.70. The first-order valence-corrected chi connectivity index (χ1v) is 7.70. The maximum absolute atomic E-state index is 12.1. The van der Waals surface area contributed by atoms with Crippen LogP contribution in [0.15, 0.2) is 36.4 Å². The van der Waals surface area contributed by atoms with Crippen molar-refractivity contribution in [1.82, 2.24) is 4.98 Å². The molecule has 1 aromatic heterocycles. The summed E-state index contributed by atoms with van der Waals surface area (Å²) in [5.41, 5.74) is 1.51. The van der Waals surface area contributed by atoms with Gasteiger partial charge in [0.2, 0.25) is 0 Å². The van der Waals surface area contributed by atoms with Crippen LogP contribution in [-0.2, 0) is 0 Å². The van der Waals surface area contributed by atoms with Crippen LogP contribution in [0.2, 0.25) is 0 Å². The van der Waals surface area contributed by atoms with Gasteiger partial charge in [0.05, 0.1) is 5.52 Å². The van der Waals surface area contributed by atoms with E-state index in [-0.39, 0.29) is 5.78 Å². The molecule has 0 spiro atoms. The summed E-state index contributed by atoms with van der Waals surface area (Å²) in [6.07, 6.45) is 7.86. The van der Waals surface area contributed by atoms with E-state index in [1.54, 1.807) is 0 Å². The molecule has 0 saturated heterocycles. The highest BCUT2D eigenvalue weighted by Crippen LogP contribution is 2.14. The Labute approximate surface area is 121 Å². The van der Waals surface area contributed by atoms with E-state index in [0.29, 0.717) is 12.1 Å². The fourth-order valence-electron chi connectivity index (χ4n) is 2.42. The van der Waals surface area contributed by atoms with Crippen molar-refractivity contribution in [3.8, 4) is 0 Å². The number of fused-ring (bicyclic) bond motifs is 1. The molecule has 0 bridgehead atoms. The van der Waals surface area contributed by atoms with Crippen LogP contribution in [0.5, 0.6) is 0 Å². The topological polar surface area (TPSA) is 30.0 Å². The minimum atomic E-state index is 0.172. The van der Waals surface area contributed by atoms with Crippen molar-refractivity contribution in [2.24, 2.45) is 0 Å². The molecule has 0 aliphatic heterocycles. The Balaban J connectivity index is 1.84. The monoisotopic (exact) mass is 269 g/mol. The van der Waals surface area contributed by atoms with Gasteiger partial charge < -0.3 is 0 Å². The minimum Gasteiger partial charge on any atom is -0.292 e. The molecule has 1 aromatic carbocycles. The number of unbranched alkanes of at least 4 members (excludes halogenated alkanes) is 5. The predicted molar refractivity (Wildman–Crippen MR) is 84.1 cm³/mol. The number of nitrogens with zero attached hydrogens (tertiary/aromatic N) is 1. The molecule has 20 heavy (non-hydrogen) atoms. The van der Waals surface area contributed by atoms with Crippen molar-refractivity contribution in [2.45, 2.75) is 51.9 Å². The number of aromatic nitrogens is 1. The highest BCUT2D eigenvalue weighted by Gasteiger charge is 2.07. The third kappa shape index (κ3) is 4.16. The smallest absolute Gasteiger partial charge is 0.181 e. The summed E-state index contributed by atoms with van der Waals surface area (Å²) >= 11 is 0. The zero-order valence-electron chi connectivity index (χ0n) is 12.3. The fraction of sp³-hybridized carbons (Fsp3) is 0.444. The molecule has 2 heteroatoms. The summed E-state index contributed by atoms with van der Waals surface area (Å²) in [6.45, 7) is 2.22. The summed E-state index contributed by atoms with van der Waals surface area (Å²) in [5.74, 6) is 0.172. The lowest BCUT2D eigenvalue weighted by atomic mass is 10.1. The van der Waals surface area contributed by atoms with Gasteiger partial charge in [-0.3, -0.25) is 4.79 Å². The number of Topliss-reactive ketones (excluding diaryl/α,β-unsaturated/α-hetero) is 1. The zero-order valence-corrected chi connectivity index (χ0v) is 12.3. The van der Waals surface area contributed by atoms with Gasteiger partial charge in [-0.15, -0.1) is 0 Å². The number of benzene rings is 1. The van der Waals surface area contributed by atoms with E-state index in [2.05, 4.69) is 11.9 Å². The average Bonchev–Trinajstić information content (AvgIpc) is 2.50. The number of ketones is 1. The first kappa shape index (κ1) is 14.7. The van der Waals surface area contributed by atoms with Gasteiger partial charge in [-0.25, -0.2) is 4.98 Å². The maximum atomic E-state index is 12.1. The van der Waals surface area contributed by atoms with Crippen molar-refractivity contribution in [3.63, 3.8) is 0 Å². The van der Waals surface area contributed by atoms with Gasteiger partial charge in [-0.2, -0.15) is 0 Å². The number of para-hydroxylation sites is 1. The molecule has 0 radical (unpaired) electrons. The first-order valence-electron chi connectivity index (χ1n) is 7.70. The van der Waals surface area contributed by atoms with Crippen LogP contribution in [-0.4, -0.2) is 10.8 Å². The molecule has 106 valence electrons. The van der Waals surface area contributed by atoms with E-state index < -0.39 is 0 Å². The van der Waals surface area contributed by atoms with Crippen molar-refractivity contribution in [2.75, 3.05) is 0 Å². The molecule has 0 unspecified atom stereocenters. The van der Waals surface area contributed by atoms with Gasteiger partial charge >= 0.3 is 0 Å². The second kappa shape index (κ2) is 7.78. The molecular formula is C18H23NO. The minimum absolute atomic E-state index is 0.172. The molecular weight excluding hydrogens is 246 g/mol. The molecule has 2 rings (SSSR count). The van der Waals surface area contributed by atoms with E-state index in [1.807, 2.05) is 36.4 Å². The zero-order chi connectivity index (χ0) is 14.2. The molecule has 1 heterocycles. The van der Waals surface area contributed by atoms with E-state index in [0.717, 1.165) is 23.7 Å². The number of pyridine rings is 1. The fourth-order valence-corrected chi connectivity index (χ4v) is 2.42. The number of hydrogen-bond acceptors (Lipinski definition) is 2. The average molecular weight is 269 g/mol. The van der Waals surface area contributed by atoms with Crippen LogP contribution >= 0.6 is 0 Å². The lowest BCUT2D eigenvalue weighted by molar-refractivity contribution is 0.0974. The lowest BCUT2D eigenvalue weighted by Crippen LogP contribution is -2.02. The van der Waals surface area contributed by atoms with Gasteiger partial charge in [0, 0.05) is 11.8 Å². The van der Waals surface area contributed by atoms with E-state index in [9.17, 15) is 4.79 Å². The quantitative estimate of drug-likeness (QED) is 0.489. The number of carbonyl (C=O) groups is 1. The largest absolute Gasteiger partial charge is 0.292 e. The molecule has 0 amide bonds. The highest BCUT2D eigenvalue weighted by atomic mass is 16.1. The van der Waals surface area contributed by atoms with Crippen LogP contribution in [0.25, 0.3) is 10.9 Å². The van der Waals surface area contributed by atoms with Crippen LogP contribution in [0.3, 0.4) is 0 Å². The Morgan fingerprint density at radius 2 is 1.70 bits per heavy atom. The third-order valence-electron chi connectivity index (χ3n) is 3.64. The molecule has 0 saturated carbocycles. The standard InChI is InChI=1S/C18H23NO/c1-2-3-4-5-6-7-12-18(20)17-14-13-15-10-8-9-11-16(15)19-17/h8-11,13-14H,2-7,12H2,1H3. The molecule has 0 aliphatic carbocycles. The molecule has 0 aliphatic rings. The molecule has 2 aromatic rings. The Morgan fingerprint density at radius 3 is 2.55 bits per heavy atom. The van der Waals surface area contributed by atoms with Gasteiger partial charge in [0.15, 0.2) is 5.78 Å². The summed E-state index contributed by atoms with van der Waals surface area (Å²) in [7, 11) is 0. The summed E-state index contributed by atoms with van der Waals surface area (Å²) in [6, 6.07) is 11.7. The number of rotatable bonds is 8. The predicted octanol–water partition coefficient (Wildman–Crippen LogP) is 5.17. The van der Waals surface area contributed by atoms with Crippen LogP contribution in [0, 0.1) is 0 Å². The first-order chi connectivity index (χ1) is 9.81. The van der Waals surface area contributed by atoms with Crippen LogP contribution < -0.4 is 0 Å². The third-order valence-corrected chi connectivity index (χ3v) is 3.64. The van der Waals surface area contributed by atoms with E-state index in [1.165, 1.54) is 25.7 Å². The molecule has 0 atom stereocenters. The highest BCUT2D eigenvalue weighted by molar-refractivity contribution is 5.96. The molecule has 2 nitrogen and oxygen atoms in total. The van der Waals surface area contributed by atoms with Gasteiger partial charge in [0.1, 0.15) is 5.69 Å². The van der Waals surface area contributed by atoms with Gasteiger partial charge in [-0.05, 0) is 18.6 Å². The van der Waals surface area contributed by atoms with Crippen molar-refractivity contribution in [3.05, 3.63) is 42.1 Å². The van der Waals surface area contributed by atoms with Gasteiger partial charge in [-0.1, -0.05) is 63.3 Å².